The number of hydrogen-bond donors (Lipinski definition) is 2. The van der Waals surface area contributed by atoms with Gasteiger partial charge in [0, 0.05) is 73.8 Å². The SMILES string of the molecule is CC(NC(=O)c1c([C@H](CCN2CCCC(=O)C2)N2CCNCC2)c(-c2cc(F)cc(F)c2)nc2ccc(F)cc12)C1CCCCC1. The first-order valence-electron chi connectivity index (χ1n) is 16.9. The average molecular weight is 636 g/mol. The molecule has 1 amide bonds. The van der Waals surface area contributed by atoms with Gasteiger partial charge in [-0.1, -0.05) is 19.3 Å². The number of carbonyl (C=O) groups is 2. The highest BCUT2D eigenvalue weighted by atomic mass is 19.1. The number of nitrogens with one attached hydrogen (secondary N) is 2. The van der Waals surface area contributed by atoms with E-state index in [1.54, 1.807) is 0 Å². The van der Waals surface area contributed by atoms with E-state index < -0.39 is 17.5 Å². The van der Waals surface area contributed by atoms with Crippen LogP contribution in [0, 0.1) is 23.4 Å². The largest absolute Gasteiger partial charge is 0.349 e. The lowest BCUT2D eigenvalue weighted by Gasteiger charge is -2.38. The van der Waals surface area contributed by atoms with Gasteiger partial charge >= 0.3 is 0 Å². The lowest BCUT2D eigenvalue weighted by molar-refractivity contribution is -0.122. The second kappa shape index (κ2) is 14.6. The third-order valence-electron chi connectivity index (χ3n) is 10.0. The van der Waals surface area contributed by atoms with Gasteiger partial charge in [-0.15, -0.1) is 0 Å². The highest BCUT2D eigenvalue weighted by Gasteiger charge is 2.34. The van der Waals surface area contributed by atoms with Crippen molar-refractivity contribution in [2.45, 2.75) is 70.4 Å². The number of benzene rings is 2. The Balaban J connectivity index is 1.53. The molecular weight excluding hydrogens is 591 g/mol. The number of ketones is 1. The Kier molecular flexibility index (Phi) is 10.4. The van der Waals surface area contributed by atoms with Gasteiger partial charge in [0.2, 0.25) is 0 Å². The number of amides is 1. The quantitative estimate of drug-likeness (QED) is 0.300. The van der Waals surface area contributed by atoms with E-state index in [1.165, 1.54) is 36.8 Å². The molecule has 7 nitrogen and oxygen atoms in total. The zero-order chi connectivity index (χ0) is 32.2. The van der Waals surface area contributed by atoms with Crippen molar-refractivity contribution in [3.63, 3.8) is 0 Å². The molecule has 1 unspecified atom stereocenters. The number of rotatable bonds is 9. The summed E-state index contributed by atoms with van der Waals surface area (Å²) in [5, 5.41) is 7.03. The second-order valence-electron chi connectivity index (χ2n) is 13.2. The van der Waals surface area contributed by atoms with Crippen molar-refractivity contribution in [2.75, 3.05) is 45.8 Å². The first kappa shape index (κ1) is 32.6. The zero-order valence-corrected chi connectivity index (χ0v) is 26.6. The van der Waals surface area contributed by atoms with E-state index in [9.17, 15) is 22.8 Å². The maximum atomic E-state index is 15.0. The topological polar surface area (TPSA) is 77.6 Å². The number of carbonyl (C=O) groups excluding carboxylic acids is 2. The van der Waals surface area contributed by atoms with Gasteiger partial charge in [-0.3, -0.25) is 19.4 Å². The number of pyridine rings is 1. The zero-order valence-electron chi connectivity index (χ0n) is 26.6. The number of Topliss-reactive ketones (excluding diaryl/α,β-unsaturated/α-hetero) is 1. The summed E-state index contributed by atoms with van der Waals surface area (Å²) in [6.45, 7) is 6.64. The highest BCUT2D eigenvalue weighted by molar-refractivity contribution is 6.09. The fourth-order valence-corrected chi connectivity index (χ4v) is 7.67. The first-order chi connectivity index (χ1) is 22.3. The summed E-state index contributed by atoms with van der Waals surface area (Å²) in [5.41, 5.74) is 1.75. The van der Waals surface area contributed by atoms with E-state index in [4.69, 9.17) is 4.98 Å². The molecule has 10 heteroatoms. The van der Waals surface area contributed by atoms with Gasteiger partial charge in [-0.05, 0) is 75.4 Å². The summed E-state index contributed by atoms with van der Waals surface area (Å²) in [6, 6.07) is 6.98. The van der Waals surface area contributed by atoms with E-state index in [0.717, 1.165) is 57.8 Å². The number of hydrogen-bond acceptors (Lipinski definition) is 6. The molecule has 3 fully saturated rings. The minimum atomic E-state index is -0.746. The van der Waals surface area contributed by atoms with Gasteiger partial charge in [0.25, 0.3) is 5.91 Å². The molecule has 3 aliphatic rings. The molecule has 1 aliphatic carbocycles. The Hall–Kier alpha value is -3.34. The number of piperidine rings is 1. The van der Waals surface area contributed by atoms with Crippen LogP contribution < -0.4 is 10.6 Å². The van der Waals surface area contributed by atoms with Crippen molar-refractivity contribution in [1.29, 1.82) is 0 Å². The summed E-state index contributed by atoms with van der Waals surface area (Å²) in [5.74, 6) is -1.78. The van der Waals surface area contributed by atoms with Crippen LogP contribution in [0.3, 0.4) is 0 Å². The molecule has 2 saturated heterocycles. The monoisotopic (exact) mass is 635 g/mol. The van der Waals surface area contributed by atoms with Crippen molar-refractivity contribution < 1.29 is 22.8 Å². The molecule has 3 aromatic rings. The Labute approximate surface area is 268 Å². The third kappa shape index (κ3) is 7.45. The highest BCUT2D eigenvalue weighted by Crippen LogP contribution is 2.40. The summed E-state index contributed by atoms with van der Waals surface area (Å²) in [7, 11) is 0. The van der Waals surface area contributed by atoms with Crippen LogP contribution in [0.5, 0.6) is 0 Å². The molecule has 0 bridgehead atoms. The lowest BCUT2D eigenvalue weighted by Crippen LogP contribution is -2.47. The van der Waals surface area contributed by atoms with Crippen LogP contribution in [0.1, 0.15) is 80.3 Å². The van der Waals surface area contributed by atoms with Crippen LogP contribution in [0.2, 0.25) is 0 Å². The predicted molar refractivity (Wildman–Crippen MR) is 173 cm³/mol. The second-order valence-corrected chi connectivity index (χ2v) is 13.2. The van der Waals surface area contributed by atoms with Crippen molar-refractivity contribution in [2.24, 2.45) is 5.92 Å². The molecule has 2 atom stereocenters. The molecule has 1 saturated carbocycles. The van der Waals surface area contributed by atoms with Crippen molar-refractivity contribution >= 4 is 22.6 Å². The number of aromatic nitrogens is 1. The average Bonchev–Trinajstić information content (AvgIpc) is 3.05. The smallest absolute Gasteiger partial charge is 0.252 e. The minimum Gasteiger partial charge on any atom is -0.349 e. The Morgan fingerprint density at radius 1 is 0.978 bits per heavy atom. The summed E-state index contributed by atoms with van der Waals surface area (Å²) >= 11 is 0. The van der Waals surface area contributed by atoms with E-state index in [1.807, 2.05) is 6.92 Å². The molecule has 2 aliphatic heterocycles. The third-order valence-corrected chi connectivity index (χ3v) is 10.0. The molecule has 246 valence electrons. The Bertz CT molecular complexity index is 1550. The van der Waals surface area contributed by atoms with Gasteiger partial charge in [0.15, 0.2) is 0 Å². The fraction of sp³-hybridized carbons (Fsp3) is 0.528. The molecule has 0 radical (unpaired) electrons. The van der Waals surface area contributed by atoms with Crippen molar-refractivity contribution in [1.82, 2.24) is 25.4 Å². The molecule has 2 N–H and O–H groups in total. The van der Waals surface area contributed by atoms with Crippen molar-refractivity contribution in [3.05, 3.63) is 65.0 Å². The maximum absolute atomic E-state index is 15.0. The number of fused-ring (bicyclic) bond motifs is 1. The first-order valence-corrected chi connectivity index (χ1v) is 16.9. The van der Waals surface area contributed by atoms with E-state index >= 15 is 0 Å². The van der Waals surface area contributed by atoms with Crippen LogP contribution in [-0.4, -0.2) is 78.3 Å². The molecular formula is C36H44F3N5O2. The molecule has 2 aromatic carbocycles. The van der Waals surface area contributed by atoms with Crippen LogP contribution >= 0.6 is 0 Å². The van der Waals surface area contributed by atoms with Gasteiger partial charge in [0.05, 0.1) is 23.3 Å². The lowest BCUT2D eigenvalue weighted by atomic mass is 9.84. The molecule has 6 rings (SSSR count). The van der Waals surface area contributed by atoms with Gasteiger partial charge in [-0.2, -0.15) is 0 Å². The van der Waals surface area contributed by atoms with Crippen molar-refractivity contribution in [3.8, 4) is 11.3 Å². The number of piperazine rings is 1. The van der Waals surface area contributed by atoms with Gasteiger partial charge < -0.3 is 10.6 Å². The molecule has 3 heterocycles. The molecule has 0 spiro atoms. The normalized spacial score (nSPS) is 20.1. The fourth-order valence-electron chi connectivity index (χ4n) is 7.67. The summed E-state index contributed by atoms with van der Waals surface area (Å²) in [6.07, 6.45) is 7.44. The standard InChI is InChI=1S/C36H44F3N5O2/c1-23(24-6-3-2-4-7-24)41-36(46)33-30-21-26(37)9-10-31(30)42-35(25-18-27(38)20-28(39)19-25)34(33)32(44-16-12-40-13-17-44)11-15-43-14-5-8-29(45)22-43/h9-10,18-21,23-24,32,40H,2-8,11-17,22H2,1H3,(H,41,46)/t23?,32-/m0/s1. The number of likely N-dealkylation sites (tertiary alicyclic amines) is 1. The number of nitrogens with zero attached hydrogens (tertiary/aromatic N) is 3. The Morgan fingerprint density at radius 2 is 1.72 bits per heavy atom. The van der Waals surface area contributed by atoms with Gasteiger partial charge in [0.1, 0.15) is 23.2 Å². The van der Waals surface area contributed by atoms with E-state index in [0.29, 0.717) is 72.7 Å². The van der Waals surface area contributed by atoms with Crippen LogP contribution in [0.15, 0.2) is 36.4 Å². The summed E-state index contributed by atoms with van der Waals surface area (Å²) in [4.78, 5) is 36.3. The van der Waals surface area contributed by atoms with E-state index in [2.05, 4.69) is 20.4 Å². The summed E-state index contributed by atoms with van der Waals surface area (Å²) < 4.78 is 44.5. The van der Waals surface area contributed by atoms with Crippen LogP contribution in [-0.2, 0) is 4.79 Å². The predicted octanol–water partition coefficient (Wildman–Crippen LogP) is 6.02. The molecule has 1 aromatic heterocycles. The van der Waals surface area contributed by atoms with Gasteiger partial charge in [-0.25, -0.2) is 18.2 Å². The van der Waals surface area contributed by atoms with Crippen LogP contribution in [0.25, 0.3) is 22.2 Å². The minimum absolute atomic E-state index is 0.107. The van der Waals surface area contributed by atoms with Crippen LogP contribution in [0.4, 0.5) is 13.2 Å². The maximum Gasteiger partial charge on any atom is 0.252 e. The number of halogens is 3. The van der Waals surface area contributed by atoms with E-state index in [-0.39, 0.29) is 29.3 Å². The Morgan fingerprint density at radius 3 is 2.43 bits per heavy atom. The molecule has 46 heavy (non-hydrogen) atoms.